The van der Waals surface area contributed by atoms with Gasteiger partial charge in [0.05, 0.1) is 11.6 Å². The van der Waals surface area contributed by atoms with Gasteiger partial charge in [0.1, 0.15) is 17.0 Å². The fourth-order valence-corrected chi connectivity index (χ4v) is 7.29. The van der Waals surface area contributed by atoms with Crippen LogP contribution in [0.3, 0.4) is 0 Å². The molecule has 2 aromatic carbocycles. The second-order valence-corrected chi connectivity index (χ2v) is 13.9. The van der Waals surface area contributed by atoms with Crippen molar-refractivity contribution < 1.29 is 28.6 Å². The molecule has 208 valence electrons. The molecule has 0 heterocycles. The van der Waals surface area contributed by atoms with Crippen molar-refractivity contribution in [3.63, 3.8) is 0 Å². The van der Waals surface area contributed by atoms with E-state index >= 15 is 0 Å². The minimum absolute atomic E-state index is 0.354. The van der Waals surface area contributed by atoms with Gasteiger partial charge in [-0.25, -0.2) is 9.59 Å². The topological polar surface area (TPSA) is 103 Å². The third-order valence-electron chi connectivity index (χ3n) is 4.89. The van der Waals surface area contributed by atoms with Gasteiger partial charge in [0.15, 0.2) is 0 Å². The van der Waals surface area contributed by atoms with Crippen LogP contribution in [0.1, 0.15) is 60.5 Å². The number of ether oxygens (including phenoxy) is 3. The number of benzene rings is 2. The second kappa shape index (κ2) is 13.8. The molecule has 0 aromatic heterocycles. The molecule has 0 aliphatic heterocycles. The molecule has 0 radical (unpaired) electrons. The van der Waals surface area contributed by atoms with Crippen molar-refractivity contribution in [3.8, 4) is 5.75 Å². The normalized spacial score (nSPS) is 12.4. The summed E-state index contributed by atoms with van der Waals surface area (Å²) in [4.78, 5) is 37.4. The lowest BCUT2D eigenvalue weighted by Crippen LogP contribution is -2.28. The predicted octanol–water partition coefficient (Wildman–Crippen LogP) is 8.37. The van der Waals surface area contributed by atoms with Gasteiger partial charge in [0.25, 0.3) is 0 Å². The van der Waals surface area contributed by atoms with Crippen molar-refractivity contribution in [2.45, 2.75) is 72.5 Å². The predicted molar refractivity (Wildman–Crippen MR) is 174 cm³/mol. The van der Waals surface area contributed by atoms with E-state index < -0.39 is 29.3 Å². The van der Waals surface area contributed by atoms with Crippen LogP contribution >= 0.6 is 67.8 Å². The average molecular weight is 862 g/mol. The summed E-state index contributed by atoms with van der Waals surface area (Å²) in [6.07, 6.45) is -0.0687. The Labute approximate surface area is 265 Å². The van der Waals surface area contributed by atoms with Gasteiger partial charge in [0, 0.05) is 16.4 Å². The summed E-state index contributed by atoms with van der Waals surface area (Å²) in [5.74, 6) is -0.374. The number of hydrogen-bond donors (Lipinski definition) is 2. The van der Waals surface area contributed by atoms with Crippen molar-refractivity contribution in [1.82, 2.24) is 0 Å². The van der Waals surface area contributed by atoms with Crippen LogP contribution in [-0.4, -0.2) is 29.4 Å². The van der Waals surface area contributed by atoms with E-state index in [4.69, 9.17) is 14.2 Å². The maximum atomic E-state index is 13.1. The molecule has 1 unspecified atom stereocenters. The Morgan fingerprint density at radius 2 is 1.37 bits per heavy atom. The highest BCUT2D eigenvalue weighted by molar-refractivity contribution is 14.1. The summed E-state index contributed by atoms with van der Waals surface area (Å²) < 4.78 is 19.0. The molecule has 38 heavy (non-hydrogen) atoms. The molecule has 8 nitrogen and oxygen atoms in total. The highest BCUT2D eigenvalue weighted by Crippen LogP contribution is 2.34. The quantitative estimate of drug-likeness (QED) is 0.165. The van der Waals surface area contributed by atoms with Crippen molar-refractivity contribution in [3.05, 3.63) is 46.6 Å². The van der Waals surface area contributed by atoms with Crippen molar-refractivity contribution in [2.75, 3.05) is 10.6 Å². The Morgan fingerprint density at radius 3 is 1.87 bits per heavy atom. The van der Waals surface area contributed by atoms with Crippen molar-refractivity contribution in [2.24, 2.45) is 5.92 Å². The molecule has 0 spiro atoms. The fourth-order valence-electron chi connectivity index (χ4n) is 3.21. The summed E-state index contributed by atoms with van der Waals surface area (Å²) in [7, 11) is 0. The summed E-state index contributed by atoms with van der Waals surface area (Å²) in [5, 5.41) is 5.51. The van der Waals surface area contributed by atoms with E-state index in [2.05, 4.69) is 78.4 Å². The minimum atomic E-state index is -0.617. The van der Waals surface area contributed by atoms with E-state index in [-0.39, 0.29) is 5.97 Å². The number of hydrogen-bond acceptors (Lipinski definition) is 6. The first-order valence-electron chi connectivity index (χ1n) is 12.0. The van der Waals surface area contributed by atoms with Crippen LogP contribution in [0.5, 0.6) is 5.75 Å². The molecule has 1 atom stereocenters. The molecular formula is C27H33I3N2O6. The van der Waals surface area contributed by atoms with Crippen LogP contribution in [-0.2, 0) is 20.7 Å². The van der Waals surface area contributed by atoms with Crippen LogP contribution < -0.4 is 15.4 Å². The van der Waals surface area contributed by atoms with Crippen LogP contribution in [0.25, 0.3) is 0 Å². The summed E-state index contributed by atoms with van der Waals surface area (Å²) in [6.45, 7) is 12.7. The molecule has 2 amide bonds. The molecule has 2 aromatic rings. The van der Waals surface area contributed by atoms with Crippen LogP contribution in [0.15, 0.2) is 30.3 Å². The number of esters is 1. The standard InChI is InChI=1S/C27H33I3N2O6/c1-8-15(23(33)36-17-11-9-16(10-12-17)31-24(34)37-26(2,3)4)13-18-19(28)14-20(29)22(21(18)30)32-25(35)38-27(5,6)7/h9-12,14-15H,8,13H2,1-7H3,(H,31,34)(H,32,35). The zero-order valence-electron chi connectivity index (χ0n) is 22.5. The zero-order valence-corrected chi connectivity index (χ0v) is 28.9. The zero-order chi connectivity index (χ0) is 28.8. The third-order valence-corrected chi connectivity index (χ3v) is 7.89. The maximum absolute atomic E-state index is 13.1. The lowest BCUT2D eigenvalue weighted by atomic mass is 9.96. The molecule has 0 bridgehead atoms. The Balaban J connectivity index is 2.13. The molecule has 0 aliphatic carbocycles. The average Bonchev–Trinajstić information content (AvgIpc) is 2.75. The summed E-state index contributed by atoms with van der Waals surface area (Å²) >= 11 is 6.64. The summed E-state index contributed by atoms with van der Waals surface area (Å²) in [5.41, 5.74) is 0.923. The highest BCUT2D eigenvalue weighted by atomic mass is 127. The van der Waals surface area contributed by atoms with Crippen molar-refractivity contribution >= 4 is 97.3 Å². The molecule has 0 aliphatic rings. The van der Waals surface area contributed by atoms with E-state index in [1.54, 1.807) is 45.0 Å². The highest BCUT2D eigenvalue weighted by Gasteiger charge is 2.25. The van der Waals surface area contributed by atoms with Gasteiger partial charge in [-0.2, -0.15) is 0 Å². The SMILES string of the molecule is CCC(Cc1c(I)cc(I)c(NC(=O)OC(C)(C)C)c1I)C(=O)Oc1ccc(NC(=O)OC(C)(C)C)cc1. The van der Waals surface area contributed by atoms with Crippen molar-refractivity contribution in [1.29, 1.82) is 0 Å². The van der Waals surface area contributed by atoms with E-state index in [9.17, 15) is 14.4 Å². The number of amides is 2. The lowest BCUT2D eigenvalue weighted by Gasteiger charge is -2.22. The van der Waals surface area contributed by atoms with Gasteiger partial charge in [-0.15, -0.1) is 0 Å². The largest absolute Gasteiger partial charge is 0.444 e. The number of anilines is 2. The van der Waals surface area contributed by atoms with Crippen LogP contribution in [0, 0.1) is 16.6 Å². The van der Waals surface area contributed by atoms with E-state index in [0.29, 0.717) is 30.0 Å². The molecule has 0 saturated heterocycles. The Hall–Kier alpha value is -1.36. The lowest BCUT2D eigenvalue weighted by molar-refractivity contribution is -0.139. The first kappa shape index (κ1) is 32.8. The molecule has 2 rings (SSSR count). The monoisotopic (exact) mass is 862 g/mol. The molecule has 0 fully saturated rings. The van der Waals surface area contributed by atoms with E-state index in [1.807, 2.05) is 33.8 Å². The van der Waals surface area contributed by atoms with Gasteiger partial charge in [-0.1, -0.05) is 6.92 Å². The molecular weight excluding hydrogens is 829 g/mol. The van der Waals surface area contributed by atoms with Crippen LogP contribution in [0.2, 0.25) is 0 Å². The van der Waals surface area contributed by atoms with E-state index in [1.165, 1.54) is 0 Å². The first-order valence-corrected chi connectivity index (χ1v) is 15.2. The van der Waals surface area contributed by atoms with Gasteiger partial charge < -0.3 is 14.2 Å². The number of carbonyl (C=O) groups excluding carboxylic acids is 3. The molecule has 2 N–H and O–H groups in total. The third kappa shape index (κ3) is 10.7. The van der Waals surface area contributed by atoms with Gasteiger partial charge >= 0.3 is 18.2 Å². The first-order chi connectivity index (χ1) is 17.5. The number of rotatable bonds is 7. The summed E-state index contributed by atoms with van der Waals surface area (Å²) in [6, 6.07) is 8.51. The van der Waals surface area contributed by atoms with Crippen LogP contribution in [0.4, 0.5) is 21.0 Å². The fraction of sp³-hybridized carbons (Fsp3) is 0.444. The second-order valence-electron chi connectivity index (χ2n) is 10.5. The minimum Gasteiger partial charge on any atom is -0.444 e. The Kier molecular flexibility index (Phi) is 11.9. The van der Waals surface area contributed by atoms with Gasteiger partial charge in [-0.3, -0.25) is 15.4 Å². The van der Waals surface area contributed by atoms with E-state index in [0.717, 1.165) is 16.3 Å². The number of carbonyl (C=O) groups is 3. The van der Waals surface area contributed by atoms with Gasteiger partial charge in [-0.05, 0) is 158 Å². The smallest absolute Gasteiger partial charge is 0.412 e. The Bertz CT molecular complexity index is 1170. The maximum Gasteiger partial charge on any atom is 0.412 e. The van der Waals surface area contributed by atoms with Gasteiger partial charge in [0.2, 0.25) is 0 Å². The molecule has 0 saturated carbocycles. The number of halogens is 3. The number of nitrogens with one attached hydrogen (secondary N) is 2. The molecule has 11 heteroatoms. The Morgan fingerprint density at radius 1 is 0.842 bits per heavy atom.